The second kappa shape index (κ2) is 8.03. The molecule has 0 radical (unpaired) electrons. The molecule has 1 unspecified atom stereocenters. The van der Waals surface area contributed by atoms with Crippen LogP contribution in [0.2, 0.25) is 0 Å². The van der Waals surface area contributed by atoms with Crippen LogP contribution in [0, 0.1) is 0 Å². The van der Waals surface area contributed by atoms with Gasteiger partial charge < -0.3 is 26.5 Å². The van der Waals surface area contributed by atoms with Crippen LogP contribution in [-0.4, -0.2) is 40.4 Å². The Balaban J connectivity index is 1.91. The molecule has 2 atom stereocenters. The maximum absolute atomic E-state index is 12.4. The molecule has 1 aliphatic rings. The summed E-state index contributed by atoms with van der Waals surface area (Å²) < 4.78 is 0. The molecule has 0 fully saturated rings. The number of rotatable bonds is 7. The lowest BCUT2D eigenvalue weighted by molar-refractivity contribution is -0.125. The van der Waals surface area contributed by atoms with Crippen molar-refractivity contribution >= 4 is 34.7 Å². The van der Waals surface area contributed by atoms with Gasteiger partial charge in [0.25, 0.3) is 11.8 Å². The predicted molar refractivity (Wildman–Crippen MR) is 103 cm³/mol. The normalized spacial score (nSPS) is 17.8. The molecular weight excluding hydrogens is 362 g/mol. The lowest BCUT2D eigenvalue weighted by atomic mass is 10.1. The minimum absolute atomic E-state index is 0.104. The van der Waals surface area contributed by atoms with E-state index >= 15 is 0 Å². The third-order valence-corrected chi connectivity index (χ3v) is 4.38. The van der Waals surface area contributed by atoms with Gasteiger partial charge >= 0.3 is 0 Å². The van der Waals surface area contributed by atoms with Crippen molar-refractivity contribution in [1.82, 2.24) is 20.6 Å². The van der Waals surface area contributed by atoms with Gasteiger partial charge in [0.2, 0.25) is 0 Å². The van der Waals surface area contributed by atoms with Crippen LogP contribution in [0.25, 0.3) is 10.9 Å². The summed E-state index contributed by atoms with van der Waals surface area (Å²) in [7, 11) is 0. The molecule has 2 heterocycles. The Morgan fingerprint density at radius 1 is 1.39 bits per heavy atom. The van der Waals surface area contributed by atoms with Crippen LogP contribution in [0.5, 0.6) is 0 Å². The summed E-state index contributed by atoms with van der Waals surface area (Å²) in [5, 5.41) is 10.6. The number of amides is 2. The first-order valence-corrected chi connectivity index (χ1v) is 8.60. The molecule has 2 amide bonds. The summed E-state index contributed by atoms with van der Waals surface area (Å²) in [6, 6.07) is 9.00. The topological polar surface area (TPSA) is 155 Å². The van der Waals surface area contributed by atoms with Crippen molar-refractivity contribution in [2.45, 2.75) is 25.7 Å². The maximum atomic E-state index is 12.4. The number of pyridine rings is 1. The minimum atomic E-state index is -0.899. The van der Waals surface area contributed by atoms with Crippen LogP contribution in [-0.2, 0) is 14.4 Å². The molecule has 146 valence electrons. The summed E-state index contributed by atoms with van der Waals surface area (Å²) in [6.07, 6.45) is 1.64. The molecule has 1 aromatic carbocycles. The Morgan fingerprint density at radius 3 is 2.86 bits per heavy atom. The number of aldehydes is 1. The second-order valence-electron chi connectivity index (χ2n) is 6.37. The van der Waals surface area contributed by atoms with E-state index in [0.29, 0.717) is 5.69 Å². The molecule has 1 aliphatic heterocycles. The molecule has 10 nitrogen and oxygen atoms in total. The van der Waals surface area contributed by atoms with Gasteiger partial charge in [0.1, 0.15) is 17.7 Å². The van der Waals surface area contributed by atoms with Crippen LogP contribution in [0.1, 0.15) is 13.3 Å². The van der Waals surface area contributed by atoms with E-state index in [9.17, 15) is 14.4 Å². The number of hydrazine groups is 1. The molecule has 3 rings (SSSR count). The Morgan fingerprint density at radius 2 is 2.14 bits per heavy atom. The van der Waals surface area contributed by atoms with Crippen molar-refractivity contribution in [2.75, 3.05) is 5.32 Å². The van der Waals surface area contributed by atoms with E-state index in [1.165, 1.54) is 5.01 Å². The molecule has 0 aliphatic carbocycles. The van der Waals surface area contributed by atoms with Crippen LogP contribution in [0.4, 0.5) is 5.69 Å². The highest BCUT2D eigenvalue weighted by Crippen LogP contribution is 2.19. The van der Waals surface area contributed by atoms with Crippen LogP contribution in [0.15, 0.2) is 47.9 Å². The number of hydrogen-bond donors (Lipinski definition) is 5. The standard InChI is InChI=1S/C18H21N7O3/c1-10(6-7-26)25(20)18-23-16(14(15(19)27)17(28)24-18)22-12-8-11-4-2-3-5-13(11)21-9-12/h2-5,7-10,18,22-23H,6,20H2,1H3,(H2,19,27)(H,24,28)/t10?,18-/m1/s1. The summed E-state index contributed by atoms with van der Waals surface area (Å²) in [4.78, 5) is 39.3. The molecular formula is C18H21N7O3. The zero-order valence-corrected chi connectivity index (χ0v) is 15.2. The second-order valence-corrected chi connectivity index (χ2v) is 6.37. The number of para-hydroxylation sites is 1. The van der Waals surface area contributed by atoms with Gasteiger partial charge in [-0.25, -0.2) is 5.01 Å². The third kappa shape index (κ3) is 3.92. The van der Waals surface area contributed by atoms with Crippen molar-refractivity contribution < 1.29 is 14.4 Å². The number of nitrogens with zero attached hydrogens (tertiary/aromatic N) is 2. The fraction of sp³-hybridized carbons (Fsp3) is 0.222. The van der Waals surface area contributed by atoms with Gasteiger partial charge in [-0.05, 0) is 19.1 Å². The van der Waals surface area contributed by atoms with E-state index in [1.54, 1.807) is 13.1 Å². The summed E-state index contributed by atoms with van der Waals surface area (Å²) >= 11 is 0. The molecule has 28 heavy (non-hydrogen) atoms. The van der Waals surface area contributed by atoms with E-state index in [2.05, 4.69) is 20.9 Å². The highest BCUT2D eigenvalue weighted by molar-refractivity contribution is 6.19. The van der Waals surface area contributed by atoms with Gasteiger partial charge in [-0.1, -0.05) is 18.2 Å². The maximum Gasteiger partial charge on any atom is 0.263 e. The molecule has 2 aromatic rings. The van der Waals surface area contributed by atoms with Gasteiger partial charge in [-0.2, -0.15) is 0 Å². The molecule has 1 aromatic heterocycles. The number of fused-ring (bicyclic) bond motifs is 1. The van der Waals surface area contributed by atoms with Gasteiger partial charge in [-0.15, -0.1) is 0 Å². The van der Waals surface area contributed by atoms with E-state index in [-0.39, 0.29) is 23.9 Å². The lowest BCUT2D eigenvalue weighted by Gasteiger charge is -2.37. The number of aromatic nitrogens is 1. The molecule has 7 N–H and O–H groups in total. The number of primary amides is 1. The Labute approximate surface area is 160 Å². The summed E-state index contributed by atoms with van der Waals surface area (Å²) in [5.74, 6) is 4.54. The fourth-order valence-electron chi connectivity index (χ4n) is 2.84. The molecule has 0 spiro atoms. The number of anilines is 1. The number of carbonyl (C=O) groups is 3. The summed E-state index contributed by atoms with van der Waals surface area (Å²) in [5.41, 5.74) is 6.47. The predicted octanol–water partition coefficient (Wildman–Crippen LogP) is -0.500. The van der Waals surface area contributed by atoms with E-state index in [1.807, 2.05) is 30.3 Å². The molecule has 0 bridgehead atoms. The molecule has 0 saturated heterocycles. The first kappa shape index (κ1) is 19.3. The quantitative estimate of drug-likeness (QED) is 0.185. The van der Waals surface area contributed by atoms with Crippen LogP contribution < -0.4 is 27.5 Å². The van der Waals surface area contributed by atoms with E-state index in [4.69, 9.17) is 11.6 Å². The SMILES string of the molecule is CC(CC=O)N(N)[C@H]1NC(=O)C(C(N)=O)=C(Nc2cnc3ccccc3c2)N1. The number of benzene rings is 1. The average Bonchev–Trinajstić information content (AvgIpc) is 2.66. The van der Waals surface area contributed by atoms with Gasteiger partial charge in [0.15, 0.2) is 6.29 Å². The summed E-state index contributed by atoms with van der Waals surface area (Å²) in [6.45, 7) is 1.73. The Bertz CT molecular complexity index is 959. The van der Waals surface area contributed by atoms with Gasteiger partial charge in [0.05, 0.1) is 17.4 Å². The van der Waals surface area contributed by atoms with Crippen LogP contribution >= 0.6 is 0 Å². The monoisotopic (exact) mass is 383 g/mol. The van der Waals surface area contributed by atoms with E-state index in [0.717, 1.165) is 17.2 Å². The zero-order chi connectivity index (χ0) is 20.3. The third-order valence-electron chi connectivity index (χ3n) is 4.38. The Hall–Kier alpha value is -3.50. The fourth-order valence-corrected chi connectivity index (χ4v) is 2.84. The van der Waals surface area contributed by atoms with Crippen LogP contribution in [0.3, 0.4) is 0 Å². The first-order chi connectivity index (χ1) is 13.4. The van der Waals surface area contributed by atoms with Gasteiger partial charge in [0, 0.05) is 17.8 Å². The van der Waals surface area contributed by atoms with Gasteiger partial charge in [-0.3, -0.25) is 20.4 Å². The number of nitrogens with two attached hydrogens (primary N) is 2. The smallest absolute Gasteiger partial charge is 0.263 e. The van der Waals surface area contributed by atoms with Crippen molar-refractivity contribution in [3.63, 3.8) is 0 Å². The van der Waals surface area contributed by atoms with E-state index < -0.39 is 18.1 Å². The highest BCUT2D eigenvalue weighted by atomic mass is 16.2. The lowest BCUT2D eigenvalue weighted by Crippen LogP contribution is -2.65. The number of nitrogens with one attached hydrogen (secondary N) is 3. The Kier molecular flexibility index (Phi) is 5.52. The van der Waals surface area contributed by atoms with Crippen molar-refractivity contribution in [2.24, 2.45) is 11.6 Å². The van der Waals surface area contributed by atoms with Crippen molar-refractivity contribution in [3.8, 4) is 0 Å². The first-order valence-electron chi connectivity index (χ1n) is 8.60. The number of carbonyl (C=O) groups excluding carboxylic acids is 3. The largest absolute Gasteiger partial charge is 0.365 e. The molecule has 0 saturated carbocycles. The molecule has 10 heteroatoms. The van der Waals surface area contributed by atoms with Crippen molar-refractivity contribution in [1.29, 1.82) is 0 Å². The zero-order valence-electron chi connectivity index (χ0n) is 15.2. The number of hydrogen-bond acceptors (Lipinski definition) is 8. The highest BCUT2D eigenvalue weighted by Gasteiger charge is 2.33. The average molecular weight is 383 g/mol. The van der Waals surface area contributed by atoms with Crippen molar-refractivity contribution in [3.05, 3.63) is 47.9 Å². The minimum Gasteiger partial charge on any atom is -0.365 e.